The largest absolute Gasteiger partial charge is 0.423 e. The highest BCUT2D eigenvalue weighted by Crippen LogP contribution is 2.30. The molecule has 1 aliphatic rings. The van der Waals surface area contributed by atoms with Crippen molar-refractivity contribution in [1.29, 1.82) is 0 Å². The van der Waals surface area contributed by atoms with Crippen molar-refractivity contribution in [1.82, 2.24) is 4.31 Å². The number of benzene rings is 2. The molecule has 0 radical (unpaired) electrons. The Morgan fingerprint density at radius 1 is 1.07 bits per heavy atom. The first-order valence-corrected chi connectivity index (χ1v) is 9.72. The summed E-state index contributed by atoms with van der Waals surface area (Å²) < 4.78 is 32.7. The van der Waals surface area contributed by atoms with E-state index in [-0.39, 0.29) is 23.4 Å². The number of sulfonamides is 1. The third-order valence-electron chi connectivity index (χ3n) is 4.73. The Bertz CT molecular complexity index is 1220. The van der Waals surface area contributed by atoms with E-state index < -0.39 is 27.6 Å². The average molecular weight is 384 g/mol. The molecule has 8 heteroatoms. The van der Waals surface area contributed by atoms with E-state index in [2.05, 4.69) is 0 Å². The van der Waals surface area contributed by atoms with Gasteiger partial charge in [-0.15, -0.1) is 0 Å². The zero-order chi connectivity index (χ0) is 19.2. The van der Waals surface area contributed by atoms with Crippen LogP contribution in [0.2, 0.25) is 0 Å². The summed E-state index contributed by atoms with van der Waals surface area (Å²) >= 11 is 0. The van der Waals surface area contributed by atoms with Gasteiger partial charge in [-0.05, 0) is 41.8 Å². The van der Waals surface area contributed by atoms with Gasteiger partial charge in [-0.3, -0.25) is 4.79 Å². The molecule has 0 fully saturated rings. The molecule has 27 heavy (non-hydrogen) atoms. The number of rotatable bonds is 3. The number of hydrogen-bond acceptors (Lipinski definition) is 5. The van der Waals surface area contributed by atoms with E-state index in [4.69, 9.17) is 10.2 Å². The maximum atomic E-state index is 13.2. The van der Waals surface area contributed by atoms with Gasteiger partial charge >= 0.3 is 5.63 Å². The molecule has 2 aromatic carbocycles. The summed E-state index contributed by atoms with van der Waals surface area (Å²) in [6.07, 6.45) is 0.229. The van der Waals surface area contributed by atoms with Gasteiger partial charge in [0, 0.05) is 18.0 Å². The zero-order valence-corrected chi connectivity index (χ0v) is 15.0. The van der Waals surface area contributed by atoms with Crippen LogP contribution < -0.4 is 11.4 Å². The highest BCUT2D eigenvalue weighted by Gasteiger charge is 2.38. The molecule has 0 bridgehead atoms. The van der Waals surface area contributed by atoms with E-state index in [1.54, 1.807) is 0 Å². The highest BCUT2D eigenvalue weighted by molar-refractivity contribution is 7.89. The van der Waals surface area contributed by atoms with Crippen LogP contribution in [0.3, 0.4) is 0 Å². The Kier molecular flexibility index (Phi) is 4.09. The standard InChI is InChI=1S/C19H16N2O5S/c20-19(23)16-10-12-3-1-2-4-14(12)11-21(16)27(24,25)15-6-7-17-13(9-15)5-8-18(22)26-17/h1-9,16H,10-11H2,(H2,20,23). The van der Waals surface area contributed by atoms with Gasteiger partial charge < -0.3 is 10.2 Å². The molecule has 7 nitrogen and oxygen atoms in total. The summed E-state index contributed by atoms with van der Waals surface area (Å²) in [5, 5.41) is 0.476. The van der Waals surface area contributed by atoms with Gasteiger partial charge in [0.15, 0.2) is 0 Å². The van der Waals surface area contributed by atoms with Crippen LogP contribution in [0.25, 0.3) is 11.0 Å². The fourth-order valence-electron chi connectivity index (χ4n) is 3.34. The summed E-state index contributed by atoms with van der Waals surface area (Å²) in [4.78, 5) is 23.3. The third kappa shape index (κ3) is 3.02. The number of nitrogens with two attached hydrogens (primary N) is 1. The summed E-state index contributed by atoms with van der Waals surface area (Å²) in [5.41, 5.74) is 7.02. The van der Waals surface area contributed by atoms with Crippen molar-refractivity contribution in [2.75, 3.05) is 0 Å². The van der Waals surface area contributed by atoms with Crippen LogP contribution in [0.4, 0.5) is 0 Å². The Balaban J connectivity index is 1.81. The van der Waals surface area contributed by atoms with E-state index in [1.165, 1.54) is 30.3 Å². The Hall–Kier alpha value is -2.97. The van der Waals surface area contributed by atoms with Crippen molar-refractivity contribution in [3.63, 3.8) is 0 Å². The van der Waals surface area contributed by atoms with E-state index in [9.17, 15) is 18.0 Å². The third-order valence-corrected chi connectivity index (χ3v) is 6.58. The van der Waals surface area contributed by atoms with Gasteiger partial charge in [-0.1, -0.05) is 24.3 Å². The van der Waals surface area contributed by atoms with Gasteiger partial charge in [0.25, 0.3) is 0 Å². The topological polar surface area (TPSA) is 111 Å². The Labute approximate surface area is 155 Å². The second-order valence-electron chi connectivity index (χ2n) is 6.40. The predicted molar refractivity (Wildman–Crippen MR) is 98.3 cm³/mol. The number of nitrogens with zero attached hydrogens (tertiary/aromatic N) is 1. The minimum Gasteiger partial charge on any atom is -0.423 e. The summed E-state index contributed by atoms with van der Waals surface area (Å²) in [5.74, 6) is -0.695. The van der Waals surface area contributed by atoms with Crippen molar-refractivity contribution in [3.8, 4) is 0 Å². The second kappa shape index (κ2) is 6.33. The minimum atomic E-state index is -3.99. The van der Waals surface area contributed by atoms with Crippen molar-refractivity contribution < 1.29 is 17.6 Å². The van der Waals surface area contributed by atoms with Crippen molar-refractivity contribution >= 4 is 26.9 Å². The molecule has 1 amide bonds. The molecule has 138 valence electrons. The lowest BCUT2D eigenvalue weighted by Crippen LogP contribution is -2.50. The first-order chi connectivity index (χ1) is 12.9. The first-order valence-electron chi connectivity index (χ1n) is 8.28. The van der Waals surface area contributed by atoms with Crippen molar-refractivity contribution in [3.05, 3.63) is 76.1 Å². The molecule has 0 saturated heterocycles. The summed E-state index contributed by atoms with van der Waals surface area (Å²) in [7, 11) is -3.99. The van der Waals surface area contributed by atoms with Gasteiger partial charge in [-0.2, -0.15) is 4.31 Å². The Morgan fingerprint density at radius 3 is 2.56 bits per heavy atom. The van der Waals surface area contributed by atoms with E-state index in [1.807, 2.05) is 24.3 Å². The molecule has 1 unspecified atom stereocenters. The second-order valence-corrected chi connectivity index (χ2v) is 8.29. The van der Waals surface area contributed by atoms with Crippen molar-refractivity contribution in [2.24, 2.45) is 5.73 Å². The maximum absolute atomic E-state index is 13.2. The van der Waals surface area contributed by atoms with E-state index >= 15 is 0 Å². The molecule has 0 aliphatic carbocycles. The van der Waals surface area contributed by atoms with Gasteiger partial charge in [0.05, 0.1) is 4.90 Å². The van der Waals surface area contributed by atoms with Gasteiger partial charge in [0.1, 0.15) is 11.6 Å². The van der Waals surface area contributed by atoms with Crippen LogP contribution in [0.5, 0.6) is 0 Å². The first kappa shape index (κ1) is 17.4. The predicted octanol–water partition coefficient (Wildman–Crippen LogP) is 1.39. The lowest BCUT2D eigenvalue weighted by molar-refractivity contribution is -0.122. The molecular formula is C19H16N2O5S. The Morgan fingerprint density at radius 2 is 1.81 bits per heavy atom. The maximum Gasteiger partial charge on any atom is 0.336 e. The van der Waals surface area contributed by atoms with Crippen LogP contribution in [-0.4, -0.2) is 24.7 Å². The van der Waals surface area contributed by atoms with E-state index in [0.717, 1.165) is 15.4 Å². The van der Waals surface area contributed by atoms with Crippen LogP contribution in [0.1, 0.15) is 11.1 Å². The number of carbonyl (C=O) groups is 1. The molecule has 2 N–H and O–H groups in total. The van der Waals surface area contributed by atoms with Gasteiger partial charge in [-0.25, -0.2) is 13.2 Å². The number of hydrogen-bond donors (Lipinski definition) is 1. The molecule has 3 aromatic rings. The number of primary amides is 1. The molecule has 1 atom stereocenters. The quantitative estimate of drug-likeness (QED) is 0.686. The number of fused-ring (bicyclic) bond motifs is 2. The summed E-state index contributed by atoms with van der Waals surface area (Å²) in [6.45, 7) is 0.0635. The average Bonchev–Trinajstić information content (AvgIpc) is 2.66. The number of carbonyl (C=O) groups excluding carboxylic acids is 1. The highest BCUT2D eigenvalue weighted by atomic mass is 32.2. The molecular weight excluding hydrogens is 368 g/mol. The van der Waals surface area contributed by atoms with Crippen LogP contribution >= 0.6 is 0 Å². The van der Waals surface area contributed by atoms with Crippen molar-refractivity contribution in [2.45, 2.75) is 23.9 Å². The summed E-state index contributed by atoms with van der Waals surface area (Å²) in [6, 6.07) is 13.3. The molecule has 0 saturated carbocycles. The minimum absolute atomic E-state index is 0.00878. The van der Waals surface area contributed by atoms with Crippen LogP contribution in [-0.2, 0) is 27.8 Å². The zero-order valence-electron chi connectivity index (χ0n) is 14.2. The fourth-order valence-corrected chi connectivity index (χ4v) is 4.95. The lowest BCUT2D eigenvalue weighted by atomic mass is 9.96. The molecule has 4 rings (SSSR count). The number of amides is 1. The van der Waals surface area contributed by atoms with Gasteiger partial charge in [0.2, 0.25) is 15.9 Å². The fraction of sp³-hybridized carbons (Fsp3) is 0.158. The molecule has 0 spiro atoms. The van der Waals surface area contributed by atoms with Crippen LogP contribution in [0.15, 0.2) is 68.7 Å². The SMILES string of the molecule is NC(=O)C1Cc2ccccc2CN1S(=O)(=O)c1ccc2oc(=O)ccc2c1. The monoisotopic (exact) mass is 384 g/mol. The molecule has 1 aromatic heterocycles. The smallest absolute Gasteiger partial charge is 0.336 e. The normalized spacial score (nSPS) is 17.6. The van der Waals surface area contributed by atoms with Crippen LogP contribution in [0, 0.1) is 0 Å². The molecule has 1 aliphatic heterocycles. The lowest BCUT2D eigenvalue weighted by Gasteiger charge is -2.34. The molecule has 2 heterocycles. The van der Waals surface area contributed by atoms with E-state index in [0.29, 0.717) is 5.39 Å².